The minimum atomic E-state index is 0.901. The number of benzene rings is 3. The van der Waals surface area contributed by atoms with E-state index in [0.717, 1.165) is 24.0 Å². The van der Waals surface area contributed by atoms with Gasteiger partial charge in [0.05, 0.1) is 0 Å². The Labute approximate surface area is 148 Å². The number of terminal acetylenes is 1. The summed E-state index contributed by atoms with van der Waals surface area (Å²) in [6, 6.07) is 17.7. The highest BCUT2D eigenvalue weighted by molar-refractivity contribution is 5.90. The fourth-order valence-electron chi connectivity index (χ4n) is 4.33. The van der Waals surface area contributed by atoms with Crippen molar-refractivity contribution in [2.24, 2.45) is 0 Å². The Morgan fingerprint density at radius 3 is 2.52 bits per heavy atom. The molecule has 0 saturated carbocycles. The van der Waals surface area contributed by atoms with Gasteiger partial charge >= 0.3 is 0 Å². The summed E-state index contributed by atoms with van der Waals surface area (Å²) in [5.74, 6) is 8.95. The topological polar surface area (TPSA) is 0 Å². The van der Waals surface area contributed by atoms with Gasteiger partial charge in [-0.15, -0.1) is 12.3 Å². The Hall–Kier alpha value is -3.22. The zero-order valence-corrected chi connectivity index (χ0v) is 14.1. The molecule has 0 radical (unpaired) electrons. The zero-order chi connectivity index (χ0) is 17.0. The molecule has 0 amide bonds. The second kappa shape index (κ2) is 5.14. The van der Waals surface area contributed by atoms with E-state index in [4.69, 9.17) is 6.42 Å². The molecule has 0 spiro atoms. The van der Waals surface area contributed by atoms with Crippen LogP contribution in [0.25, 0.3) is 22.3 Å². The number of rotatable bonds is 0. The molecule has 116 valence electrons. The molecule has 2 aliphatic carbocycles. The summed E-state index contributed by atoms with van der Waals surface area (Å²) in [5, 5.41) is 0. The normalized spacial score (nSPS) is 12.3. The van der Waals surface area contributed by atoms with Gasteiger partial charge in [0.25, 0.3) is 0 Å². The van der Waals surface area contributed by atoms with Gasteiger partial charge in [0.2, 0.25) is 0 Å². The van der Waals surface area contributed by atoms with Crippen molar-refractivity contribution in [2.45, 2.75) is 19.8 Å². The van der Waals surface area contributed by atoms with E-state index < -0.39 is 0 Å². The molecule has 0 bridgehead atoms. The van der Waals surface area contributed by atoms with Gasteiger partial charge in [-0.1, -0.05) is 48.2 Å². The maximum atomic E-state index is 5.72. The molecule has 3 aromatic carbocycles. The molecule has 0 aliphatic heterocycles. The maximum absolute atomic E-state index is 5.72. The Morgan fingerprint density at radius 2 is 1.68 bits per heavy atom. The van der Waals surface area contributed by atoms with Gasteiger partial charge < -0.3 is 0 Å². The molecule has 0 heterocycles. The highest BCUT2D eigenvalue weighted by Gasteiger charge is 2.28. The standard InChI is InChI=1S/C25H16/c1-3-7-17-14-23-20(12-16(17)4-2)15-24-22(23)11-10-19-13-18-8-5-6-9-21(18)25(19)24/h2,5-6,8-12,14H,13,15H2,1H3. The van der Waals surface area contributed by atoms with Crippen molar-refractivity contribution in [3.63, 3.8) is 0 Å². The van der Waals surface area contributed by atoms with E-state index in [9.17, 15) is 0 Å². The van der Waals surface area contributed by atoms with Crippen LogP contribution in [-0.2, 0) is 12.8 Å². The van der Waals surface area contributed by atoms with Gasteiger partial charge in [0.1, 0.15) is 0 Å². The molecular formula is C25H16. The zero-order valence-electron chi connectivity index (χ0n) is 14.1. The lowest BCUT2D eigenvalue weighted by molar-refractivity contribution is 1.23. The summed E-state index contributed by atoms with van der Waals surface area (Å²) in [6.07, 6.45) is 7.71. The van der Waals surface area contributed by atoms with Crippen LogP contribution in [0.15, 0.2) is 48.5 Å². The molecule has 0 aromatic heterocycles. The van der Waals surface area contributed by atoms with Crippen LogP contribution in [0.3, 0.4) is 0 Å². The maximum Gasteiger partial charge on any atom is 0.0408 e. The summed E-state index contributed by atoms with van der Waals surface area (Å²) in [7, 11) is 0. The Bertz CT molecular complexity index is 1160. The van der Waals surface area contributed by atoms with Crippen molar-refractivity contribution in [2.75, 3.05) is 0 Å². The summed E-state index contributed by atoms with van der Waals surface area (Å²) in [6.45, 7) is 1.85. The third-order valence-corrected chi connectivity index (χ3v) is 5.38. The van der Waals surface area contributed by atoms with Crippen molar-refractivity contribution < 1.29 is 0 Å². The quantitative estimate of drug-likeness (QED) is 0.345. The van der Waals surface area contributed by atoms with Gasteiger partial charge in [-0.05, 0) is 76.4 Å². The van der Waals surface area contributed by atoms with Crippen LogP contribution in [0, 0.1) is 24.2 Å². The van der Waals surface area contributed by atoms with Gasteiger partial charge in [0.15, 0.2) is 0 Å². The van der Waals surface area contributed by atoms with E-state index in [2.05, 4.69) is 66.3 Å². The molecule has 0 atom stereocenters. The molecule has 0 fully saturated rings. The second-order valence-corrected chi connectivity index (χ2v) is 6.71. The first-order valence-electron chi connectivity index (χ1n) is 8.60. The van der Waals surface area contributed by atoms with Crippen LogP contribution in [0.1, 0.15) is 40.3 Å². The van der Waals surface area contributed by atoms with Crippen LogP contribution in [0.5, 0.6) is 0 Å². The average molecular weight is 316 g/mol. The molecule has 0 saturated heterocycles. The number of fused-ring (bicyclic) bond motifs is 7. The fraction of sp³-hybridized carbons (Fsp3) is 0.120. The summed E-state index contributed by atoms with van der Waals surface area (Å²) in [4.78, 5) is 0. The summed E-state index contributed by atoms with van der Waals surface area (Å²) < 4.78 is 0. The van der Waals surface area contributed by atoms with E-state index in [-0.39, 0.29) is 0 Å². The van der Waals surface area contributed by atoms with Crippen LogP contribution < -0.4 is 0 Å². The lowest BCUT2D eigenvalue weighted by atomic mass is 9.95. The highest BCUT2D eigenvalue weighted by atomic mass is 14.3. The van der Waals surface area contributed by atoms with Gasteiger partial charge in [-0.2, -0.15) is 0 Å². The molecule has 2 aliphatic rings. The Morgan fingerprint density at radius 1 is 0.800 bits per heavy atom. The molecule has 0 nitrogen and oxygen atoms in total. The van der Waals surface area contributed by atoms with Gasteiger partial charge in [0, 0.05) is 11.1 Å². The molecular weight excluding hydrogens is 300 g/mol. The molecule has 5 rings (SSSR count). The highest BCUT2D eigenvalue weighted by Crippen LogP contribution is 2.47. The van der Waals surface area contributed by atoms with Gasteiger partial charge in [-0.25, -0.2) is 0 Å². The minimum absolute atomic E-state index is 0.901. The predicted molar refractivity (Wildman–Crippen MR) is 103 cm³/mol. The molecule has 25 heavy (non-hydrogen) atoms. The first-order valence-corrected chi connectivity index (χ1v) is 8.60. The van der Waals surface area contributed by atoms with Crippen molar-refractivity contribution in [1.29, 1.82) is 0 Å². The van der Waals surface area contributed by atoms with Crippen molar-refractivity contribution >= 4 is 0 Å². The van der Waals surface area contributed by atoms with Crippen LogP contribution in [-0.4, -0.2) is 0 Å². The molecule has 0 unspecified atom stereocenters. The SMILES string of the molecule is C#Cc1cc2c(cc1C#CC)-c1ccc3c(c1C2)-c1ccccc1C3. The van der Waals surface area contributed by atoms with Crippen LogP contribution >= 0.6 is 0 Å². The van der Waals surface area contributed by atoms with E-state index >= 15 is 0 Å². The van der Waals surface area contributed by atoms with Crippen molar-refractivity contribution in [3.8, 4) is 46.4 Å². The smallest absolute Gasteiger partial charge is 0.0408 e. The van der Waals surface area contributed by atoms with Crippen LogP contribution in [0.2, 0.25) is 0 Å². The first kappa shape index (κ1) is 14.2. The van der Waals surface area contributed by atoms with E-state index in [0.29, 0.717) is 0 Å². The lowest BCUT2D eigenvalue weighted by Crippen LogP contribution is -1.89. The van der Waals surface area contributed by atoms with Crippen molar-refractivity contribution in [1.82, 2.24) is 0 Å². The monoisotopic (exact) mass is 316 g/mol. The minimum Gasteiger partial charge on any atom is -0.115 e. The first-order chi connectivity index (χ1) is 12.3. The number of hydrogen-bond donors (Lipinski definition) is 0. The van der Waals surface area contributed by atoms with E-state index in [1.54, 1.807) is 0 Å². The van der Waals surface area contributed by atoms with E-state index in [1.807, 2.05) is 6.92 Å². The second-order valence-electron chi connectivity index (χ2n) is 6.71. The third kappa shape index (κ3) is 1.92. The fourth-order valence-corrected chi connectivity index (χ4v) is 4.33. The predicted octanol–water partition coefficient (Wildman–Crippen LogP) is 5.18. The largest absolute Gasteiger partial charge is 0.115 e. The van der Waals surface area contributed by atoms with Gasteiger partial charge in [-0.3, -0.25) is 0 Å². The molecule has 0 N–H and O–H groups in total. The molecule has 3 aromatic rings. The Kier molecular flexibility index (Phi) is 2.91. The van der Waals surface area contributed by atoms with Crippen molar-refractivity contribution in [3.05, 3.63) is 81.9 Å². The molecule has 0 heteroatoms. The lowest BCUT2D eigenvalue weighted by Gasteiger charge is -2.09. The third-order valence-electron chi connectivity index (χ3n) is 5.38. The Balaban J connectivity index is 1.76. The summed E-state index contributed by atoms with van der Waals surface area (Å²) >= 11 is 0. The summed E-state index contributed by atoms with van der Waals surface area (Å²) in [5.41, 5.74) is 13.0. The average Bonchev–Trinajstić information content (AvgIpc) is 3.18. The van der Waals surface area contributed by atoms with E-state index in [1.165, 1.54) is 44.5 Å². The van der Waals surface area contributed by atoms with Crippen LogP contribution in [0.4, 0.5) is 0 Å². The number of hydrogen-bond acceptors (Lipinski definition) is 0.